The van der Waals surface area contributed by atoms with E-state index in [9.17, 15) is 9.59 Å². The topological polar surface area (TPSA) is 72.2 Å². The highest BCUT2D eigenvalue weighted by atomic mass is 16.2. The van der Waals surface area contributed by atoms with Crippen molar-refractivity contribution in [2.75, 3.05) is 5.73 Å². The van der Waals surface area contributed by atoms with Gasteiger partial charge in [-0.15, -0.1) is 0 Å². The fraction of sp³-hybridized carbons (Fsp3) is 0.263. The molecule has 2 aromatic rings. The average molecular weight is 308 g/mol. The molecule has 1 aliphatic rings. The largest absolute Gasteiger partial charge is 0.399 e. The molecule has 1 amide bonds. The van der Waals surface area contributed by atoms with Crippen LogP contribution in [0.3, 0.4) is 0 Å². The van der Waals surface area contributed by atoms with E-state index in [-0.39, 0.29) is 17.7 Å². The first-order chi connectivity index (χ1) is 11.1. The third kappa shape index (κ3) is 3.11. The second kappa shape index (κ2) is 6.24. The van der Waals surface area contributed by atoms with Crippen molar-refractivity contribution in [1.82, 2.24) is 5.32 Å². The number of fused-ring (bicyclic) bond motifs is 1. The monoisotopic (exact) mass is 308 g/mol. The van der Waals surface area contributed by atoms with Crippen LogP contribution in [0.25, 0.3) is 0 Å². The van der Waals surface area contributed by atoms with Gasteiger partial charge in [0.05, 0.1) is 11.6 Å². The number of nitrogens with one attached hydrogen (secondary N) is 1. The quantitative estimate of drug-likeness (QED) is 0.675. The Bertz CT molecular complexity index is 768. The molecule has 0 saturated heterocycles. The van der Waals surface area contributed by atoms with Gasteiger partial charge in [0, 0.05) is 11.3 Å². The van der Waals surface area contributed by atoms with Gasteiger partial charge >= 0.3 is 0 Å². The van der Waals surface area contributed by atoms with Crippen LogP contribution < -0.4 is 11.1 Å². The summed E-state index contributed by atoms with van der Waals surface area (Å²) in [5.74, 6) is -0.307. The standard InChI is InChI=1S/C19H20N2O2/c1-12(22)15-6-2-3-7-17(15)19(23)21-18-8-4-5-13-11-14(20)9-10-16(13)18/h2-3,6-7,9-11,18H,4-5,8,20H2,1H3,(H,21,23). The van der Waals surface area contributed by atoms with E-state index in [1.54, 1.807) is 24.3 Å². The first-order valence-corrected chi connectivity index (χ1v) is 7.85. The number of Topliss-reactive ketones (excluding diaryl/α,β-unsaturated/α-hetero) is 1. The molecule has 0 aromatic heterocycles. The maximum absolute atomic E-state index is 12.6. The molecule has 0 heterocycles. The molecule has 23 heavy (non-hydrogen) atoms. The lowest BCUT2D eigenvalue weighted by atomic mass is 9.87. The molecule has 0 aliphatic heterocycles. The fourth-order valence-corrected chi connectivity index (χ4v) is 3.21. The third-order valence-corrected chi connectivity index (χ3v) is 4.34. The van der Waals surface area contributed by atoms with Crippen molar-refractivity contribution in [2.24, 2.45) is 0 Å². The Hall–Kier alpha value is -2.62. The summed E-state index contributed by atoms with van der Waals surface area (Å²) >= 11 is 0. The van der Waals surface area contributed by atoms with Gasteiger partial charge in [-0.1, -0.05) is 24.3 Å². The minimum atomic E-state index is -0.203. The maximum atomic E-state index is 12.6. The lowest BCUT2D eigenvalue weighted by molar-refractivity contribution is 0.0920. The summed E-state index contributed by atoms with van der Waals surface area (Å²) in [6.07, 6.45) is 2.89. The number of hydrogen-bond donors (Lipinski definition) is 2. The predicted octanol–water partition coefficient (Wildman–Crippen LogP) is 3.28. The lowest BCUT2D eigenvalue weighted by Gasteiger charge is -2.27. The Morgan fingerprint density at radius 1 is 1.13 bits per heavy atom. The summed E-state index contributed by atoms with van der Waals surface area (Å²) in [4.78, 5) is 24.3. The Balaban J connectivity index is 1.87. The zero-order valence-corrected chi connectivity index (χ0v) is 13.1. The Morgan fingerprint density at radius 3 is 2.61 bits per heavy atom. The molecule has 0 radical (unpaired) electrons. The molecule has 0 saturated carbocycles. The van der Waals surface area contributed by atoms with Crippen LogP contribution in [0.2, 0.25) is 0 Å². The number of anilines is 1. The zero-order chi connectivity index (χ0) is 16.4. The summed E-state index contributed by atoms with van der Waals surface area (Å²) in [5, 5.41) is 3.07. The number of carbonyl (C=O) groups excluding carboxylic acids is 2. The van der Waals surface area contributed by atoms with Gasteiger partial charge in [0.25, 0.3) is 5.91 Å². The molecule has 1 atom stereocenters. The van der Waals surface area contributed by atoms with Crippen LogP contribution in [0, 0.1) is 0 Å². The first-order valence-electron chi connectivity index (χ1n) is 7.85. The van der Waals surface area contributed by atoms with Crippen LogP contribution >= 0.6 is 0 Å². The number of ketones is 1. The Kier molecular flexibility index (Phi) is 4.15. The van der Waals surface area contributed by atoms with Crippen molar-refractivity contribution >= 4 is 17.4 Å². The number of carbonyl (C=O) groups is 2. The normalized spacial score (nSPS) is 16.5. The van der Waals surface area contributed by atoms with E-state index < -0.39 is 0 Å². The summed E-state index contributed by atoms with van der Waals surface area (Å²) in [7, 11) is 0. The van der Waals surface area contributed by atoms with E-state index in [0.717, 1.165) is 30.5 Å². The van der Waals surface area contributed by atoms with Gasteiger partial charge in [0.1, 0.15) is 0 Å². The summed E-state index contributed by atoms with van der Waals surface area (Å²) < 4.78 is 0. The summed E-state index contributed by atoms with van der Waals surface area (Å²) in [5.41, 5.74) is 9.81. The highest BCUT2D eigenvalue weighted by molar-refractivity contribution is 6.07. The van der Waals surface area contributed by atoms with E-state index in [1.807, 2.05) is 18.2 Å². The van der Waals surface area contributed by atoms with E-state index in [2.05, 4.69) is 5.32 Å². The van der Waals surface area contributed by atoms with Crippen LogP contribution in [0.15, 0.2) is 42.5 Å². The second-order valence-corrected chi connectivity index (χ2v) is 5.98. The van der Waals surface area contributed by atoms with Crippen LogP contribution in [-0.2, 0) is 6.42 Å². The maximum Gasteiger partial charge on any atom is 0.252 e. The molecule has 3 rings (SSSR count). The van der Waals surface area contributed by atoms with Crippen molar-refractivity contribution in [3.8, 4) is 0 Å². The number of benzene rings is 2. The molecule has 1 unspecified atom stereocenters. The first kappa shape index (κ1) is 15.3. The van der Waals surface area contributed by atoms with E-state index in [1.165, 1.54) is 12.5 Å². The van der Waals surface area contributed by atoms with Crippen molar-refractivity contribution < 1.29 is 9.59 Å². The van der Waals surface area contributed by atoms with E-state index >= 15 is 0 Å². The van der Waals surface area contributed by atoms with Gasteiger partial charge in [-0.05, 0) is 55.5 Å². The Labute approximate surface area is 135 Å². The molecule has 3 N–H and O–H groups in total. The molecule has 118 valence electrons. The minimum Gasteiger partial charge on any atom is -0.399 e. The van der Waals surface area contributed by atoms with Crippen molar-refractivity contribution in [2.45, 2.75) is 32.2 Å². The van der Waals surface area contributed by atoms with E-state index in [0.29, 0.717) is 11.1 Å². The molecule has 2 aromatic carbocycles. The molecular formula is C19H20N2O2. The van der Waals surface area contributed by atoms with Gasteiger partial charge in [-0.3, -0.25) is 9.59 Å². The number of nitrogen functional groups attached to an aromatic ring is 1. The molecule has 4 heteroatoms. The smallest absolute Gasteiger partial charge is 0.252 e. The van der Waals surface area contributed by atoms with Gasteiger partial charge in [0.2, 0.25) is 0 Å². The number of amides is 1. The van der Waals surface area contributed by atoms with Gasteiger partial charge in [0.15, 0.2) is 5.78 Å². The lowest BCUT2D eigenvalue weighted by Crippen LogP contribution is -2.31. The average Bonchev–Trinajstić information content (AvgIpc) is 2.54. The van der Waals surface area contributed by atoms with Crippen molar-refractivity contribution in [3.05, 3.63) is 64.7 Å². The van der Waals surface area contributed by atoms with Crippen LogP contribution in [0.4, 0.5) is 5.69 Å². The van der Waals surface area contributed by atoms with Crippen LogP contribution in [0.1, 0.15) is 57.7 Å². The minimum absolute atomic E-state index is 0.0353. The number of hydrogen-bond acceptors (Lipinski definition) is 3. The van der Waals surface area contributed by atoms with Crippen LogP contribution in [0.5, 0.6) is 0 Å². The highest BCUT2D eigenvalue weighted by Crippen LogP contribution is 2.31. The third-order valence-electron chi connectivity index (χ3n) is 4.34. The summed E-state index contributed by atoms with van der Waals surface area (Å²) in [6, 6.07) is 12.7. The van der Waals surface area contributed by atoms with Gasteiger partial charge in [-0.25, -0.2) is 0 Å². The summed E-state index contributed by atoms with van der Waals surface area (Å²) in [6.45, 7) is 1.48. The highest BCUT2D eigenvalue weighted by Gasteiger charge is 2.23. The van der Waals surface area contributed by atoms with Gasteiger partial charge in [-0.2, -0.15) is 0 Å². The second-order valence-electron chi connectivity index (χ2n) is 5.98. The van der Waals surface area contributed by atoms with Crippen LogP contribution in [-0.4, -0.2) is 11.7 Å². The van der Waals surface area contributed by atoms with Crippen molar-refractivity contribution in [3.63, 3.8) is 0 Å². The molecule has 0 bridgehead atoms. The molecule has 0 spiro atoms. The zero-order valence-electron chi connectivity index (χ0n) is 13.1. The molecule has 4 nitrogen and oxygen atoms in total. The predicted molar refractivity (Wildman–Crippen MR) is 90.4 cm³/mol. The molecule has 0 fully saturated rings. The molecular weight excluding hydrogens is 288 g/mol. The number of aryl methyl sites for hydroxylation is 1. The SMILES string of the molecule is CC(=O)c1ccccc1C(=O)NC1CCCc2cc(N)ccc21. The van der Waals surface area contributed by atoms with E-state index in [4.69, 9.17) is 5.73 Å². The van der Waals surface area contributed by atoms with Gasteiger partial charge < -0.3 is 11.1 Å². The Morgan fingerprint density at radius 2 is 1.87 bits per heavy atom. The number of rotatable bonds is 3. The molecule has 1 aliphatic carbocycles. The fourth-order valence-electron chi connectivity index (χ4n) is 3.21. The number of nitrogens with two attached hydrogens (primary N) is 1. The van der Waals surface area contributed by atoms with Crippen molar-refractivity contribution in [1.29, 1.82) is 0 Å².